The SMILES string of the molecule is C=C[Si](C)(C)O[Si](C)(C)O[SiH2]C. The van der Waals surface area contributed by atoms with E-state index >= 15 is 0 Å². The van der Waals surface area contributed by atoms with E-state index < -0.39 is 16.9 Å². The molecule has 0 saturated heterocycles. The molecule has 0 bridgehead atoms. The molecule has 0 unspecified atom stereocenters. The first-order chi connectivity index (χ1) is 5.33. The van der Waals surface area contributed by atoms with Gasteiger partial charge in [-0.3, -0.25) is 0 Å². The summed E-state index contributed by atoms with van der Waals surface area (Å²) in [6.07, 6.45) is 0. The Kier molecular flexibility index (Phi) is 4.64. The molecule has 0 aliphatic rings. The summed E-state index contributed by atoms with van der Waals surface area (Å²) < 4.78 is 11.7. The van der Waals surface area contributed by atoms with Crippen LogP contribution in [0.1, 0.15) is 0 Å². The molecule has 0 aliphatic heterocycles. The first-order valence-electron chi connectivity index (χ1n) is 4.31. The third kappa shape index (κ3) is 5.04. The Hall–Kier alpha value is 0.311. The van der Waals surface area contributed by atoms with Crippen molar-refractivity contribution in [2.24, 2.45) is 0 Å². The zero-order valence-corrected chi connectivity index (χ0v) is 12.2. The maximum absolute atomic E-state index is 5.99. The highest BCUT2D eigenvalue weighted by Gasteiger charge is 2.31. The fraction of sp³-hybridized carbons (Fsp3) is 0.714. The lowest BCUT2D eigenvalue weighted by Crippen LogP contribution is -2.46. The molecule has 0 aromatic heterocycles. The van der Waals surface area contributed by atoms with Crippen molar-refractivity contribution in [2.45, 2.75) is 32.7 Å². The van der Waals surface area contributed by atoms with Gasteiger partial charge in [0.15, 0.2) is 8.32 Å². The van der Waals surface area contributed by atoms with Gasteiger partial charge in [-0.1, -0.05) is 12.2 Å². The maximum atomic E-state index is 5.99. The average molecular weight is 220 g/mol. The van der Waals surface area contributed by atoms with Crippen LogP contribution in [-0.4, -0.2) is 26.6 Å². The van der Waals surface area contributed by atoms with E-state index in [4.69, 9.17) is 8.23 Å². The van der Waals surface area contributed by atoms with Crippen LogP contribution in [0.25, 0.3) is 0 Å². The predicted octanol–water partition coefficient (Wildman–Crippen LogP) is 1.78. The van der Waals surface area contributed by atoms with Crippen LogP contribution in [0.3, 0.4) is 0 Å². The summed E-state index contributed by atoms with van der Waals surface area (Å²) in [7, 11) is -3.78. The molecule has 0 heterocycles. The highest BCUT2D eigenvalue weighted by atomic mass is 28.5. The monoisotopic (exact) mass is 220 g/mol. The quantitative estimate of drug-likeness (QED) is 0.658. The Morgan fingerprint density at radius 1 is 1.25 bits per heavy atom. The summed E-state index contributed by atoms with van der Waals surface area (Å²) in [6.45, 7) is 14.5. The molecule has 0 amide bonds. The van der Waals surface area contributed by atoms with Crippen LogP contribution >= 0.6 is 0 Å². The molecule has 2 nitrogen and oxygen atoms in total. The molecular formula is C7H20O2Si3. The molecule has 0 aromatic rings. The Bertz CT molecular complexity index is 157. The smallest absolute Gasteiger partial charge is 0.310 e. The minimum Gasteiger partial charge on any atom is -0.442 e. The topological polar surface area (TPSA) is 18.5 Å². The van der Waals surface area contributed by atoms with E-state index in [0.29, 0.717) is 0 Å². The largest absolute Gasteiger partial charge is 0.442 e. The lowest BCUT2D eigenvalue weighted by molar-refractivity contribution is 0.415. The zero-order chi connectivity index (χ0) is 9.83. The molecular weight excluding hydrogens is 200 g/mol. The average Bonchev–Trinajstić information content (AvgIpc) is 1.85. The summed E-state index contributed by atoms with van der Waals surface area (Å²) in [5.41, 5.74) is 1.96. The van der Waals surface area contributed by atoms with Gasteiger partial charge in [0.05, 0.1) is 0 Å². The normalized spacial score (nSPS) is 14.1. The van der Waals surface area contributed by atoms with Crippen molar-refractivity contribution in [3.63, 3.8) is 0 Å². The van der Waals surface area contributed by atoms with Crippen molar-refractivity contribution in [3.8, 4) is 0 Å². The second kappa shape index (κ2) is 4.52. The van der Waals surface area contributed by atoms with Gasteiger partial charge in [0.2, 0.25) is 0 Å². The Balaban J connectivity index is 4.12. The van der Waals surface area contributed by atoms with E-state index in [1.165, 1.54) is 0 Å². The molecule has 0 fully saturated rings. The standard InChI is InChI=1S/C7H20O2Si3/c1-7-11(3,4)9-12(5,6)8-10-2/h7H,1,10H2,2-6H3. The van der Waals surface area contributed by atoms with Crippen molar-refractivity contribution >= 4 is 26.6 Å². The molecule has 12 heavy (non-hydrogen) atoms. The lowest BCUT2D eigenvalue weighted by Gasteiger charge is -2.31. The third-order valence-electron chi connectivity index (χ3n) is 1.49. The molecule has 0 spiro atoms. The summed E-state index contributed by atoms with van der Waals surface area (Å²) in [5, 5.41) is 0. The predicted molar refractivity (Wildman–Crippen MR) is 61.7 cm³/mol. The van der Waals surface area contributed by atoms with E-state index in [1.54, 1.807) is 0 Å². The summed E-state index contributed by atoms with van der Waals surface area (Å²) in [6, 6.07) is 0. The molecule has 5 heteroatoms. The first kappa shape index (κ1) is 12.3. The van der Waals surface area contributed by atoms with Gasteiger partial charge in [-0.05, 0) is 26.2 Å². The number of hydrogen-bond donors (Lipinski definition) is 0. The van der Waals surface area contributed by atoms with Crippen molar-refractivity contribution in [2.75, 3.05) is 0 Å². The van der Waals surface area contributed by atoms with Gasteiger partial charge < -0.3 is 8.23 Å². The maximum Gasteiger partial charge on any atom is 0.310 e. The van der Waals surface area contributed by atoms with Crippen LogP contribution in [0.5, 0.6) is 0 Å². The van der Waals surface area contributed by atoms with E-state index in [2.05, 4.69) is 39.3 Å². The molecule has 72 valence electrons. The molecule has 0 N–H and O–H groups in total. The fourth-order valence-electron chi connectivity index (χ4n) is 1.05. The van der Waals surface area contributed by atoms with E-state index in [9.17, 15) is 0 Å². The van der Waals surface area contributed by atoms with Crippen LogP contribution in [0.4, 0.5) is 0 Å². The Morgan fingerprint density at radius 2 is 1.75 bits per heavy atom. The summed E-state index contributed by atoms with van der Waals surface area (Å²) >= 11 is 0. The molecule has 0 radical (unpaired) electrons. The zero-order valence-electron chi connectivity index (χ0n) is 8.81. The van der Waals surface area contributed by atoms with Gasteiger partial charge in [-0.15, -0.1) is 6.58 Å². The highest BCUT2D eigenvalue weighted by Crippen LogP contribution is 2.15. The summed E-state index contributed by atoms with van der Waals surface area (Å²) in [5.74, 6) is 0. The van der Waals surface area contributed by atoms with Gasteiger partial charge in [-0.25, -0.2) is 0 Å². The Labute approximate surface area is 80.3 Å². The van der Waals surface area contributed by atoms with Gasteiger partial charge in [0.25, 0.3) is 0 Å². The van der Waals surface area contributed by atoms with Crippen LogP contribution in [0, 0.1) is 0 Å². The molecule has 0 atom stereocenters. The van der Waals surface area contributed by atoms with Crippen LogP contribution in [0.15, 0.2) is 12.3 Å². The minimum absolute atomic E-state index is 0.342. The second-order valence-electron chi connectivity index (χ2n) is 3.74. The van der Waals surface area contributed by atoms with Crippen molar-refractivity contribution < 1.29 is 8.23 Å². The van der Waals surface area contributed by atoms with Gasteiger partial charge in [0.1, 0.15) is 9.76 Å². The Morgan fingerprint density at radius 3 is 2.08 bits per heavy atom. The molecule has 0 saturated carbocycles. The molecule has 0 aromatic carbocycles. The van der Waals surface area contributed by atoms with E-state index in [0.717, 1.165) is 0 Å². The number of rotatable bonds is 5. The second-order valence-corrected chi connectivity index (χ2v) is 12.7. The van der Waals surface area contributed by atoms with Crippen molar-refractivity contribution in [1.29, 1.82) is 0 Å². The van der Waals surface area contributed by atoms with Crippen LogP contribution in [-0.2, 0) is 8.23 Å². The van der Waals surface area contributed by atoms with Gasteiger partial charge in [0, 0.05) is 0 Å². The molecule has 0 aliphatic carbocycles. The van der Waals surface area contributed by atoms with E-state index in [-0.39, 0.29) is 9.76 Å². The lowest BCUT2D eigenvalue weighted by atomic mass is 11.3. The highest BCUT2D eigenvalue weighted by molar-refractivity contribution is 6.86. The van der Waals surface area contributed by atoms with Gasteiger partial charge >= 0.3 is 8.56 Å². The van der Waals surface area contributed by atoms with Crippen molar-refractivity contribution in [1.82, 2.24) is 0 Å². The third-order valence-corrected chi connectivity index (χ3v) is 10.5. The minimum atomic E-state index is -1.81. The summed E-state index contributed by atoms with van der Waals surface area (Å²) in [4.78, 5) is 0. The number of hydrogen-bond acceptors (Lipinski definition) is 2. The van der Waals surface area contributed by atoms with Crippen LogP contribution in [0.2, 0.25) is 32.7 Å². The van der Waals surface area contributed by atoms with Crippen molar-refractivity contribution in [3.05, 3.63) is 12.3 Å². The van der Waals surface area contributed by atoms with Gasteiger partial charge in [-0.2, -0.15) is 0 Å². The fourth-order valence-corrected chi connectivity index (χ4v) is 10.0. The van der Waals surface area contributed by atoms with E-state index in [1.807, 2.05) is 5.70 Å². The molecule has 0 rings (SSSR count). The first-order valence-corrected chi connectivity index (χ1v) is 12.1. The van der Waals surface area contributed by atoms with Crippen LogP contribution < -0.4 is 0 Å².